The number of likely N-dealkylation sites (N-methyl/N-ethyl adjacent to an activating group) is 1. The molecule has 3 heterocycles. The quantitative estimate of drug-likeness (QED) is 0.641. The molecule has 0 radical (unpaired) electrons. The molecule has 3 aliphatic heterocycles. The molecule has 3 aliphatic rings. The number of anilines is 2. The topological polar surface area (TPSA) is 67.4 Å². The zero-order chi connectivity index (χ0) is 26.1. The number of amides is 3. The van der Waals surface area contributed by atoms with Crippen LogP contribution >= 0.6 is 0 Å². The van der Waals surface area contributed by atoms with Crippen LogP contribution in [-0.4, -0.2) is 98.4 Å². The van der Waals surface area contributed by atoms with E-state index < -0.39 is 0 Å². The van der Waals surface area contributed by atoms with Crippen molar-refractivity contribution < 1.29 is 14.4 Å². The fourth-order valence-electron chi connectivity index (χ4n) is 5.70. The van der Waals surface area contributed by atoms with Crippen molar-refractivity contribution in [1.29, 1.82) is 0 Å². The van der Waals surface area contributed by atoms with Crippen LogP contribution < -0.4 is 9.80 Å². The number of hydrogen-bond acceptors (Lipinski definition) is 5. The summed E-state index contributed by atoms with van der Waals surface area (Å²) in [5.41, 5.74) is 4.97. The van der Waals surface area contributed by atoms with Crippen molar-refractivity contribution in [1.82, 2.24) is 14.7 Å². The Kier molecular flexibility index (Phi) is 7.20. The molecule has 3 fully saturated rings. The van der Waals surface area contributed by atoms with Gasteiger partial charge in [-0.25, -0.2) is 0 Å². The molecule has 0 bridgehead atoms. The maximum absolute atomic E-state index is 13.3. The predicted molar refractivity (Wildman–Crippen MR) is 145 cm³/mol. The summed E-state index contributed by atoms with van der Waals surface area (Å²) < 4.78 is 0. The minimum atomic E-state index is -0.325. The second-order valence-corrected chi connectivity index (χ2v) is 10.7. The Morgan fingerprint density at radius 3 is 2.11 bits per heavy atom. The highest BCUT2D eigenvalue weighted by Gasteiger charge is 2.38. The molecule has 1 unspecified atom stereocenters. The molecule has 2 aromatic carbocycles. The number of piperazine rings is 2. The van der Waals surface area contributed by atoms with Gasteiger partial charge in [0, 0.05) is 82.3 Å². The van der Waals surface area contributed by atoms with Gasteiger partial charge in [0.2, 0.25) is 11.8 Å². The molecule has 0 spiro atoms. The first-order chi connectivity index (χ1) is 17.8. The Morgan fingerprint density at radius 1 is 0.784 bits per heavy atom. The van der Waals surface area contributed by atoms with E-state index in [0.29, 0.717) is 44.0 Å². The van der Waals surface area contributed by atoms with Gasteiger partial charge >= 0.3 is 0 Å². The van der Waals surface area contributed by atoms with Gasteiger partial charge in [-0.2, -0.15) is 0 Å². The van der Waals surface area contributed by atoms with Crippen molar-refractivity contribution in [3.63, 3.8) is 0 Å². The van der Waals surface area contributed by atoms with Crippen LogP contribution in [0.2, 0.25) is 0 Å². The third kappa shape index (κ3) is 5.49. The number of carbonyl (C=O) groups is 3. The van der Waals surface area contributed by atoms with Gasteiger partial charge in [0.15, 0.2) is 0 Å². The number of hydrogen-bond donors (Lipinski definition) is 0. The van der Waals surface area contributed by atoms with Crippen LogP contribution in [0.25, 0.3) is 0 Å². The largest absolute Gasteiger partial charge is 0.368 e. The highest BCUT2D eigenvalue weighted by Crippen LogP contribution is 2.28. The van der Waals surface area contributed by atoms with E-state index in [1.54, 1.807) is 11.0 Å². The molecule has 5 rings (SSSR count). The zero-order valence-corrected chi connectivity index (χ0v) is 22.2. The smallest absolute Gasteiger partial charge is 0.254 e. The van der Waals surface area contributed by atoms with Gasteiger partial charge in [-0.3, -0.25) is 14.4 Å². The summed E-state index contributed by atoms with van der Waals surface area (Å²) in [5, 5.41) is 0. The number of aryl methyl sites for hydroxylation is 2. The number of rotatable bonds is 4. The lowest BCUT2D eigenvalue weighted by atomic mass is 10.1. The van der Waals surface area contributed by atoms with E-state index in [2.05, 4.69) is 48.9 Å². The van der Waals surface area contributed by atoms with Gasteiger partial charge in [0.25, 0.3) is 5.91 Å². The van der Waals surface area contributed by atoms with E-state index in [1.165, 1.54) is 16.8 Å². The molecule has 196 valence electrons. The first kappa shape index (κ1) is 25.3. The van der Waals surface area contributed by atoms with Gasteiger partial charge < -0.3 is 24.5 Å². The average Bonchev–Trinajstić information content (AvgIpc) is 3.29. The van der Waals surface area contributed by atoms with E-state index in [-0.39, 0.29) is 30.1 Å². The van der Waals surface area contributed by atoms with Crippen molar-refractivity contribution in [2.24, 2.45) is 5.92 Å². The van der Waals surface area contributed by atoms with Crippen LogP contribution in [0.1, 0.15) is 27.9 Å². The second kappa shape index (κ2) is 10.5. The van der Waals surface area contributed by atoms with Crippen molar-refractivity contribution in [3.05, 3.63) is 59.2 Å². The summed E-state index contributed by atoms with van der Waals surface area (Å²) >= 11 is 0. The minimum Gasteiger partial charge on any atom is -0.368 e. The molecule has 0 saturated carbocycles. The van der Waals surface area contributed by atoms with Gasteiger partial charge in [0.05, 0.1) is 5.92 Å². The van der Waals surface area contributed by atoms with Crippen LogP contribution in [0.15, 0.2) is 42.5 Å². The SMILES string of the molecule is Cc1cc(C)cc(N2CCN(C(=O)c3cccc(N4CC(C(=O)N5CCN(C)CC5)CC4=O)c3)CC2)c1. The molecule has 3 amide bonds. The third-order valence-corrected chi connectivity index (χ3v) is 7.83. The van der Waals surface area contributed by atoms with Gasteiger partial charge in [0.1, 0.15) is 0 Å². The van der Waals surface area contributed by atoms with Crippen LogP contribution in [0.5, 0.6) is 0 Å². The number of carbonyl (C=O) groups excluding carboxylic acids is 3. The van der Waals surface area contributed by atoms with E-state index in [4.69, 9.17) is 0 Å². The van der Waals surface area contributed by atoms with Crippen LogP contribution in [0.3, 0.4) is 0 Å². The maximum atomic E-state index is 13.3. The van der Waals surface area contributed by atoms with Crippen molar-refractivity contribution in [2.75, 3.05) is 75.8 Å². The minimum absolute atomic E-state index is 0.0152. The standard InChI is InChI=1S/C29H37N5O3/c1-21-15-22(2)17-26(16-21)31-11-13-33(14-12-31)28(36)23-5-4-6-25(18-23)34-20-24(19-27(34)35)29(37)32-9-7-30(3)8-10-32/h4-6,15-18,24H,7-14,19-20H2,1-3H3. The molecule has 8 heteroatoms. The molecular formula is C29H37N5O3. The average molecular weight is 504 g/mol. The Morgan fingerprint density at radius 2 is 1.43 bits per heavy atom. The van der Waals surface area contributed by atoms with Crippen LogP contribution in [0, 0.1) is 19.8 Å². The first-order valence-corrected chi connectivity index (χ1v) is 13.3. The van der Waals surface area contributed by atoms with Gasteiger partial charge in [-0.1, -0.05) is 12.1 Å². The Bertz CT molecular complexity index is 1160. The second-order valence-electron chi connectivity index (χ2n) is 10.7. The highest BCUT2D eigenvalue weighted by atomic mass is 16.2. The Balaban J connectivity index is 1.21. The van der Waals surface area contributed by atoms with Crippen molar-refractivity contribution >= 4 is 29.1 Å². The summed E-state index contributed by atoms with van der Waals surface area (Å²) in [6.45, 7) is 10.6. The summed E-state index contributed by atoms with van der Waals surface area (Å²) in [5.74, 6) is -0.329. The molecule has 37 heavy (non-hydrogen) atoms. The molecule has 8 nitrogen and oxygen atoms in total. The normalized spacial score (nSPS) is 21.1. The highest BCUT2D eigenvalue weighted by molar-refractivity contribution is 6.02. The Labute approximate surface area is 219 Å². The van der Waals surface area contributed by atoms with E-state index >= 15 is 0 Å². The summed E-state index contributed by atoms with van der Waals surface area (Å²) in [6, 6.07) is 13.9. The van der Waals surface area contributed by atoms with E-state index in [9.17, 15) is 14.4 Å². The molecule has 0 aromatic heterocycles. The van der Waals surface area contributed by atoms with E-state index in [1.807, 2.05) is 28.0 Å². The van der Waals surface area contributed by atoms with Crippen LogP contribution in [-0.2, 0) is 9.59 Å². The molecular weight excluding hydrogens is 466 g/mol. The van der Waals surface area contributed by atoms with Gasteiger partial charge in [-0.15, -0.1) is 0 Å². The van der Waals surface area contributed by atoms with Crippen LogP contribution in [0.4, 0.5) is 11.4 Å². The molecule has 2 aromatic rings. The third-order valence-electron chi connectivity index (χ3n) is 7.83. The number of nitrogens with zero attached hydrogens (tertiary/aromatic N) is 5. The molecule has 1 atom stereocenters. The molecule has 3 saturated heterocycles. The monoisotopic (exact) mass is 503 g/mol. The zero-order valence-electron chi connectivity index (χ0n) is 22.2. The fraction of sp³-hybridized carbons (Fsp3) is 0.483. The summed E-state index contributed by atoms with van der Waals surface area (Å²) in [4.78, 5) is 49.3. The lowest BCUT2D eigenvalue weighted by molar-refractivity contribution is -0.137. The van der Waals surface area contributed by atoms with Gasteiger partial charge in [-0.05, 0) is 62.4 Å². The lowest BCUT2D eigenvalue weighted by Gasteiger charge is -2.36. The molecule has 0 N–H and O–H groups in total. The fourth-order valence-corrected chi connectivity index (χ4v) is 5.70. The summed E-state index contributed by atoms with van der Waals surface area (Å²) in [7, 11) is 2.06. The maximum Gasteiger partial charge on any atom is 0.254 e. The molecule has 0 aliphatic carbocycles. The van der Waals surface area contributed by atoms with Crippen molar-refractivity contribution in [3.8, 4) is 0 Å². The lowest BCUT2D eigenvalue weighted by Crippen LogP contribution is -2.49. The van der Waals surface area contributed by atoms with Crippen molar-refractivity contribution in [2.45, 2.75) is 20.3 Å². The van der Waals surface area contributed by atoms with E-state index in [0.717, 1.165) is 26.2 Å². The Hall–Kier alpha value is -3.39. The first-order valence-electron chi connectivity index (χ1n) is 13.3. The summed E-state index contributed by atoms with van der Waals surface area (Å²) in [6.07, 6.45) is 0.226. The number of benzene rings is 2. The predicted octanol–water partition coefficient (Wildman–Crippen LogP) is 2.39.